The van der Waals surface area contributed by atoms with Gasteiger partial charge in [-0.25, -0.2) is 0 Å². The molecule has 4 aliphatic rings. The lowest BCUT2D eigenvalue weighted by molar-refractivity contribution is -0.117. The van der Waals surface area contributed by atoms with Crippen LogP contribution in [0.3, 0.4) is 0 Å². The minimum absolute atomic E-state index is 0.152. The van der Waals surface area contributed by atoms with Crippen molar-refractivity contribution < 1.29 is 9.22 Å². The van der Waals surface area contributed by atoms with Crippen LogP contribution in [0.2, 0.25) is 18.1 Å². The summed E-state index contributed by atoms with van der Waals surface area (Å²) in [6.07, 6.45) is 10.1. The van der Waals surface area contributed by atoms with Gasteiger partial charge in [0.1, 0.15) is 0 Å². The second kappa shape index (κ2) is 4.69. The van der Waals surface area contributed by atoms with Gasteiger partial charge in [0.05, 0.1) is 6.10 Å². The standard InChI is InChI=1S/C20H30O2Si/c1-19(2,3)23(4,5)22-18-13-6-7-14-12-20(18)9-8-15(21)11-17(20)16(14)10-13/h7,11,13,16,18H,6,8-10,12H2,1-5H3. The number of carbonyl (C=O) groups is 1. The maximum absolute atomic E-state index is 12.1. The number of ketones is 1. The van der Waals surface area contributed by atoms with E-state index in [0.717, 1.165) is 12.8 Å². The highest BCUT2D eigenvalue weighted by Gasteiger charge is 2.61. The van der Waals surface area contributed by atoms with Crippen LogP contribution in [-0.2, 0) is 9.22 Å². The van der Waals surface area contributed by atoms with Gasteiger partial charge in [-0.05, 0) is 55.8 Å². The summed E-state index contributed by atoms with van der Waals surface area (Å²) < 4.78 is 7.05. The lowest BCUT2D eigenvalue weighted by Gasteiger charge is -2.53. The molecule has 4 unspecified atom stereocenters. The average Bonchev–Trinajstić information content (AvgIpc) is 2.63. The Labute approximate surface area is 141 Å². The van der Waals surface area contributed by atoms with Gasteiger partial charge in [-0.2, -0.15) is 0 Å². The summed E-state index contributed by atoms with van der Waals surface area (Å²) >= 11 is 0. The zero-order valence-electron chi connectivity index (χ0n) is 15.2. The molecule has 0 amide bonds. The number of allylic oxidation sites excluding steroid dienone is 3. The molecule has 2 saturated carbocycles. The van der Waals surface area contributed by atoms with E-state index in [1.165, 1.54) is 18.4 Å². The normalized spacial score (nSPS) is 39.2. The number of carbonyl (C=O) groups excluding carboxylic acids is 1. The van der Waals surface area contributed by atoms with Crippen LogP contribution in [0.5, 0.6) is 0 Å². The highest BCUT2D eigenvalue weighted by molar-refractivity contribution is 6.74. The first-order chi connectivity index (χ1) is 10.6. The third kappa shape index (κ3) is 2.12. The van der Waals surface area contributed by atoms with Crippen LogP contribution in [0.25, 0.3) is 0 Å². The minimum Gasteiger partial charge on any atom is -0.413 e. The van der Waals surface area contributed by atoms with Crippen molar-refractivity contribution in [2.75, 3.05) is 0 Å². The van der Waals surface area contributed by atoms with E-state index in [0.29, 0.717) is 30.1 Å². The summed E-state index contributed by atoms with van der Waals surface area (Å²) in [6, 6.07) is 0. The number of fused-ring (bicyclic) bond motifs is 1. The van der Waals surface area contributed by atoms with Crippen molar-refractivity contribution >= 4 is 14.1 Å². The molecule has 0 aromatic rings. The van der Waals surface area contributed by atoms with Gasteiger partial charge in [0.25, 0.3) is 0 Å². The molecule has 4 atom stereocenters. The first kappa shape index (κ1) is 15.8. The Morgan fingerprint density at radius 2 is 2.04 bits per heavy atom. The van der Waals surface area contributed by atoms with E-state index < -0.39 is 8.32 Å². The van der Waals surface area contributed by atoms with Gasteiger partial charge in [-0.3, -0.25) is 4.79 Å². The van der Waals surface area contributed by atoms with Gasteiger partial charge in [-0.1, -0.05) is 38.0 Å². The Kier molecular flexibility index (Phi) is 3.23. The monoisotopic (exact) mass is 330 g/mol. The fraction of sp³-hybridized carbons (Fsp3) is 0.750. The fourth-order valence-electron chi connectivity index (χ4n) is 5.21. The smallest absolute Gasteiger partial charge is 0.192 e. The molecular weight excluding hydrogens is 300 g/mol. The van der Waals surface area contributed by atoms with Crippen LogP contribution in [0.4, 0.5) is 0 Å². The predicted octanol–water partition coefficient (Wildman–Crippen LogP) is 5.02. The molecular formula is C20H30O2Si. The molecule has 0 saturated heterocycles. The number of hydrogen-bond donors (Lipinski definition) is 0. The molecule has 23 heavy (non-hydrogen) atoms. The molecule has 126 valence electrons. The Hall–Kier alpha value is -0.673. The predicted molar refractivity (Wildman–Crippen MR) is 95.7 cm³/mol. The van der Waals surface area contributed by atoms with Crippen LogP contribution < -0.4 is 0 Å². The Morgan fingerprint density at radius 1 is 1.30 bits per heavy atom. The van der Waals surface area contributed by atoms with E-state index in [9.17, 15) is 4.79 Å². The molecule has 2 nitrogen and oxygen atoms in total. The lowest BCUT2D eigenvalue weighted by atomic mass is 9.60. The molecule has 0 aromatic heterocycles. The van der Waals surface area contributed by atoms with Crippen molar-refractivity contribution in [3.05, 3.63) is 23.3 Å². The molecule has 3 bridgehead atoms. The third-order valence-electron chi connectivity index (χ3n) is 7.47. The van der Waals surface area contributed by atoms with Crippen LogP contribution in [0.15, 0.2) is 23.3 Å². The van der Waals surface area contributed by atoms with E-state index in [2.05, 4.69) is 39.9 Å². The summed E-state index contributed by atoms with van der Waals surface area (Å²) in [4.78, 5) is 12.1. The highest BCUT2D eigenvalue weighted by Crippen LogP contribution is 2.66. The number of hydrogen-bond acceptors (Lipinski definition) is 2. The van der Waals surface area contributed by atoms with Crippen molar-refractivity contribution in [3.8, 4) is 0 Å². The van der Waals surface area contributed by atoms with E-state index in [1.54, 1.807) is 5.57 Å². The quantitative estimate of drug-likeness (QED) is 0.525. The molecule has 0 aromatic carbocycles. The molecule has 3 heteroatoms. The highest BCUT2D eigenvalue weighted by atomic mass is 28.4. The third-order valence-corrected chi connectivity index (χ3v) is 11.9. The zero-order chi connectivity index (χ0) is 16.6. The van der Waals surface area contributed by atoms with E-state index in [1.807, 2.05) is 6.08 Å². The van der Waals surface area contributed by atoms with Crippen molar-refractivity contribution in [1.82, 2.24) is 0 Å². The summed E-state index contributed by atoms with van der Waals surface area (Å²) in [7, 11) is -1.81. The van der Waals surface area contributed by atoms with Gasteiger partial charge in [0.2, 0.25) is 0 Å². The van der Waals surface area contributed by atoms with Gasteiger partial charge >= 0.3 is 0 Å². The van der Waals surface area contributed by atoms with E-state index in [4.69, 9.17) is 4.43 Å². The zero-order valence-corrected chi connectivity index (χ0v) is 16.2. The van der Waals surface area contributed by atoms with Crippen molar-refractivity contribution in [3.63, 3.8) is 0 Å². The molecule has 4 rings (SSSR count). The Balaban J connectivity index is 1.76. The second-order valence-corrected chi connectivity index (χ2v) is 14.5. The molecule has 2 fully saturated rings. The first-order valence-corrected chi connectivity index (χ1v) is 12.2. The van der Waals surface area contributed by atoms with Gasteiger partial charge in [0, 0.05) is 17.8 Å². The maximum Gasteiger partial charge on any atom is 0.192 e. The number of rotatable bonds is 2. The van der Waals surface area contributed by atoms with Crippen molar-refractivity contribution in [2.45, 2.75) is 77.1 Å². The first-order valence-electron chi connectivity index (χ1n) is 9.26. The molecule has 4 aliphatic carbocycles. The maximum atomic E-state index is 12.1. The second-order valence-electron chi connectivity index (χ2n) is 9.76. The van der Waals surface area contributed by atoms with Gasteiger partial charge in [0.15, 0.2) is 14.1 Å². The van der Waals surface area contributed by atoms with Crippen molar-refractivity contribution in [2.24, 2.45) is 17.3 Å². The van der Waals surface area contributed by atoms with Crippen LogP contribution in [-0.4, -0.2) is 20.2 Å². The molecule has 0 spiro atoms. The summed E-state index contributed by atoms with van der Waals surface area (Å²) in [6.45, 7) is 11.8. The van der Waals surface area contributed by atoms with Gasteiger partial charge < -0.3 is 4.43 Å². The SMILES string of the molecule is CC(C)(C)[Si](C)(C)OC1C2CC=C3CC14CCC(=O)C=C4C3C2. The molecule has 0 aliphatic heterocycles. The van der Waals surface area contributed by atoms with Crippen LogP contribution in [0.1, 0.15) is 52.9 Å². The molecule has 0 N–H and O–H groups in total. The average molecular weight is 331 g/mol. The molecule has 0 heterocycles. The summed E-state index contributed by atoms with van der Waals surface area (Å²) in [5.74, 6) is 1.56. The topological polar surface area (TPSA) is 26.3 Å². The summed E-state index contributed by atoms with van der Waals surface area (Å²) in [5.41, 5.74) is 3.21. The Morgan fingerprint density at radius 3 is 2.74 bits per heavy atom. The lowest BCUT2D eigenvalue weighted by Crippen LogP contribution is -2.54. The fourth-order valence-corrected chi connectivity index (χ4v) is 6.61. The van der Waals surface area contributed by atoms with Crippen molar-refractivity contribution in [1.29, 1.82) is 0 Å². The Bertz CT molecular complexity index is 622. The van der Waals surface area contributed by atoms with Gasteiger partial charge in [-0.15, -0.1) is 0 Å². The largest absolute Gasteiger partial charge is 0.413 e. The van der Waals surface area contributed by atoms with E-state index >= 15 is 0 Å². The summed E-state index contributed by atoms with van der Waals surface area (Å²) in [5, 5.41) is 0.238. The minimum atomic E-state index is -1.81. The molecule has 0 radical (unpaired) electrons. The van der Waals surface area contributed by atoms with E-state index in [-0.39, 0.29) is 10.5 Å². The van der Waals surface area contributed by atoms with Crippen LogP contribution in [0, 0.1) is 17.3 Å². The van der Waals surface area contributed by atoms with Crippen LogP contribution >= 0.6 is 0 Å².